The zero-order valence-corrected chi connectivity index (χ0v) is 20.6. The fraction of sp³-hybridized carbons (Fsp3) is 0.333. The van der Waals surface area contributed by atoms with Gasteiger partial charge in [-0.15, -0.1) is 0 Å². The average Bonchev–Trinajstić information content (AvgIpc) is 3.49. The van der Waals surface area contributed by atoms with Crippen LogP contribution in [0.2, 0.25) is 0 Å². The molecule has 1 aliphatic carbocycles. The van der Waals surface area contributed by atoms with E-state index in [0.717, 1.165) is 25.9 Å². The first-order valence-corrected chi connectivity index (χ1v) is 13.0. The van der Waals surface area contributed by atoms with Crippen LogP contribution in [0.3, 0.4) is 0 Å². The van der Waals surface area contributed by atoms with E-state index in [-0.39, 0.29) is 33.9 Å². The number of likely N-dealkylation sites (N-methyl/N-ethyl adjacent to an activating group) is 1. The highest BCUT2D eigenvalue weighted by Gasteiger charge is 2.36. The lowest BCUT2D eigenvalue weighted by Gasteiger charge is -2.36. The van der Waals surface area contributed by atoms with Gasteiger partial charge in [0, 0.05) is 50.6 Å². The number of nitrogens with one attached hydrogen (secondary N) is 1. The fourth-order valence-electron chi connectivity index (χ4n) is 4.37. The molecule has 0 radical (unpaired) electrons. The van der Waals surface area contributed by atoms with Crippen molar-refractivity contribution >= 4 is 28.4 Å². The van der Waals surface area contributed by atoms with Crippen molar-refractivity contribution in [3.8, 4) is 17.0 Å². The molecular formula is C24H23F2N7O3S. The van der Waals surface area contributed by atoms with E-state index in [1.807, 2.05) is 7.05 Å². The number of carbonyl (C=O) groups excluding carboxylic acids is 1. The van der Waals surface area contributed by atoms with Crippen molar-refractivity contribution in [2.75, 3.05) is 25.5 Å². The summed E-state index contributed by atoms with van der Waals surface area (Å²) in [5.74, 6) is -0.593. The normalized spacial score (nSPS) is 17.2. The molecular weight excluding hydrogens is 504 g/mol. The largest absolute Gasteiger partial charge is 0.611 e. The highest BCUT2D eigenvalue weighted by atomic mass is 32.2. The lowest BCUT2D eigenvalue weighted by atomic mass is 10.1. The maximum absolute atomic E-state index is 13.3. The van der Waals surface area contributed by atoms with Gasteiger partial charge in [0.05, 0.1) is 23.5 Å². The molecule has 10 nitrogen and oxygen atoms in total. The van der Waals surface area contributed by atoms with Gasteiger partial charge in [-0.3, -0.25) is 9.48 Å². The Balaban J connectivity index is 1.42. The van der Waals surface area contributed by atoms with Crippen molar-refractivity contribution in [1.82, 2.24) is 29.3 Å². The SMILES string of the molecule is CN1CC(n2cc(NC(=O)c3cnn4cccnc34)c(-c3cc([S+]([O-])C4CC4)ccc3OC(F)F)n2)C1. The van der Waals surface area contributed by atoms with Gasteiger partial charge in [0.15, 0.2) is 10.5 Å². The third-order valence-corrected chi connectivity index (χ3v) is 8.20. The van der Waals surface area contributed by atoms with E-state index < -0.39 is 23.7 Å². The molecule has 1 amide bonds. The summed E-state index contributed by atoms with van der Waals surface area (Å²) < 4.78 is 47.5. The molecule has 6 rings (SSSR count). The van der Waals surface area contributed by atoms with Gasteiger partial charge in [0.25, 0.3) is 5.91 Å². The minimum absolute atomic E-state index is 0.0521. The van der Waals surface area contributed by atoms with Crippen molar-refractivity contribution < 1.29 is 22.9 Å². The number of alkyl halides is 2. The highest BCUT2D eigenvalue weighted by molar-refractivity contribution is 7.92. The summed E-state index contributed by atoms with van der Waals surface area (Å²) >= 11 is -1.27. The third-order valence-electron chi connectivity index (χ3n) is 6.40. The molecule has 1 N–H and O–H groups in total. The monoisotopic (exact) mass is 527 g/mol. The van der Waals surface area contributed by atoms with E-state index in [4.69, 9.17) is 4.74 Å². The number of fused-ring (bicyclic) bond motifs is 1. The number of halogens is 2. The second-order valence-corrected chi connectivity index (χ2v) is 10.9. The predicted octanol–water partition coefficient (Wildman–Crippen LogP) is 3.20. The van der Waals surface area contributed by atoms with Gasteiger partial charge >= 0.3 is 6.61 Å². The summed E-state index contributed by atoms with van der Waals surface area (Å²) in [6, 6.07) is 6.24. The molecule has 4 aromatic rings. The molecule has 4 heterocycles. The number of nitrogens with zero attached hydrogens (tertiary/aromatic N) is 6. The van der Waals surface area contributed by atoms with Gasteiger partial charge in [-0.25, -0.2) is 9.50 Å². The van der Waals surface area contributed by atoms with Crippen LogP contribution in [0.5, 0.6) is 5.75 Å². The number of benzene rings is 1. The zero-order valence-electron chi connectivity index (χ0n) is 19.8. The van der Waals surface area contributed by atoms with E-state index in [0.29, 0.717) is 16.2 Å². The number of hydrogen-bond acceptors (Lipinski definition) is 7. The lowest BCUT2D eigenvalue weighted by molar-refractivity contribution is -0.0495. The van der Waals surface area contributed by atoms with Crippen LogP contribution in [0, 0.1) is 0 Å². The number of likely N-dealkylation sites (tertiary alicyclic amines) is 1. The van der Waals surface area contributed by atoms with Crippen LogP contribution in [0.15, 0.2) is 53.9 Å². The number of amides is 1. The molecule has 13 heteroatoms. The molecule has 1 aliphatic heterocycles. The summed E-state index contributed by atoms with van der Waals surface area (Å²) in [5, 5.41) is 11.7. The topological polar surface area (TPSA) is 113 Å². The molecule has 1 saturated heterocycles. The molecule has 1 saturated carbocycles. The molecule has 37 heavy (non-hydrogen) atoms. The van der Waals surface area contributed by atoms with Gasteiger partial charge < -0.3 is 19.5 Å². The smallest absolute Gasteiger partial charge is 0.387 e. The number of carbonyl (C=O) groups is 1. The van der Waals surface area contributed by atoms with Crippen molar-refractivity contribution in [3.63, 3.8) is 0 Å². The fourth-order valence-corrected chi connectivity index (χ4v) is 5.76. The predicted molar refractivity (Wildman–Crippen MR) is 131 cm³/mol. The Kier molecular flexibility index (Phi) is 6.05. The van der Waals surface area contributed by atoms with Crippen molar-refractivity contribution in [2.24, 2.45) is 0 Å². The Labute approximate surface area is 213 Å². The number of aromatic nitrogens is 5. The van der Waals surface area contributed by atoms with Crippen molar-refractivity contribution in [2.45, 2.75) is 35.6 Å². The lowest BCUT2D eigenvalue weighted by Crippen LogP contribution is -2.45. The van der Waals surface area contributed by atoms with Crippen LogP contribution < -0.4 is 10.1 Å². The number of hydrogen-bond donors (Lipinski definition) is 1. The van der Waals surface area contributed by atoms with Crippen LogP contribution in [0.1, 0.15) is 29.2 Å². The van der Waals surface area contributed by atoms with Crippen LogP contribution in [-0.2, 0) is 11.2 Å². The van der Waals surface area contributed by atoms with E-state index in [2.05, 4.69) is 25.4 Å². The number of anilines is 1. The van der Waals surface area contributed by atoms with Crippen LogP contribution >= 0.6 is 0 Å². The van der Waals surface area contributed by atoms with E-state index in [1.165, 1.54) is 22.8 Å². The first kappa shape index (κ1) is 23.8. The standard InChI is InChI=1S/C24H23F2N7O3S/c1-31-11-14(12-31)33-13-19(29-23(34)18-10-28-32-8-2-7-27-22(18)32)21(30-33)17-9-16(37(35)15-3-4-15)5-6-20(17)36-24(25)26/h2,5-10,13-15,24H,3-4,11-12H2,1H3,(H,29,34). The van der Waals surface area contributed by atoms with Gasteiger partial charge in [0.1, 0.15) is 22.3 Å². The van der Waals surface area contributed by atoms with Gasteiger partial charge in [-0.2, -0.15) is 19.0 Å². The number of ether oxygens (including phenoxy) is 1. The van der Waals surface area contributed by atoms with Gasteiger partial charge in [-0.1, -0.05) is 0 Å². The average molecular weight is 528 g/mol. The van der Waals surface area contributed by atoms with Crippen molar-refractivity contribution in [1.29, 1.82) is 0 Å². The first-order valence-electron chi connectivity index (χ1n) is 11.7. The minimum Gasteiger partial charge on any atom is -0.611 e. The summed E-state index contributed by atoms with van der Waals surface area (Å²) in [6.45, 7) is -1.57. The number of rotatable bonds is 8. The van der Waals surface area contributed by atoms with Crippen LogP contribution in [0.25, 0.3) is 16.9 Å². The van der Waals surface area contributed by atoms with Gasteiger partial charge in [0.2, 0.25) is 0 Å². The Morgan fingerprint density at radius 1 is 1.30 bits per heavy atom. The Morgan fingerprint density at radius 2 is 2.11 bits per heavy atom. The summed E-state index contributed by atoms with van der Waals surface area (Å²) in [5.41, 5.74) is 1.40. The van der Waals surface area contributed by atoms with Crippen LogP contribution in [-0.4, -0.2) is 71.7 Å². The maximum Gasteiger partial charge on any atom is 0.387 e. The minimum atomic E-state index is -3.07. The first-order chi connectivity index (χ1) is 17.9. The van der Waals surface area contributed by atoms with Gasteiger partial charge in [-0.05, 0) is 36.4 Å². The second kappa shape index (κ2) is 9.39. The third kappa shape index (κ3) is 4.65. The molecule has 2 aliphatic rings. The second-order valence-electron chi connectivity index (χ2n) is 9.18. The van der Waals surface area contributed by atoms with E-state index >= 15 is 0 Å². The highest BCUT2D eigenvalue weighted by Crippen LogP contribution is 2.40. The molecule has 2 fully saturated rings. The quantitative estimate of drug-likeness (QED) is 0.350. The maximum atomic E-state index is 13.3. The molecule has 1 unspecified atom stereocenters. The van der Waals surface area contributed by atoms with Crippen molar-refractivity contribution in [3.05, 3.63) is 54.6 Å². The molecule has 3 aromatic heterocycles. The molecule has 1 aromatic carbocycles. The Hall–Kier alpha value is -3.55. The zero-order chi connectivity index (χ0) is 25.7. The Bertz CT molecular complexity index is 1470. The van der Waals surface area contributed by atoms with Crippen LogP contribution in [0.4, 0.5) is 14.5 Å². The Morgan fingerprint density at radius 3 is 2.84 bits per heavy atom. The van der Waals surface area contributed by atoms with E-state index in [1.54, 1.807) is 35.4 Å². The molecule has 0 bridgehead atoms. The molecule has 0 spiro atoms. The summed E-state index contributed by atoms with van der Waals surface area (Å²) in [7, 11) is 1.98. The molecule has 1 atom stereocenters. The van der Waals surface area contributed by atoms with E-state index in [9.17, 15) is 18.1 Å². The summed E-state index contributed by atoms with van der Waals surface area (Å²) in [6.07, 6.45) is 8.04. The molecule has 192 valence electrons. The summed E-state index contributed by atoms with van der Waals surface area (Å²) in [4.78, 5) is 20.1.